The quantitative estimate of drug-likeness (QED) is 0.284. The van der Waals surface area contributed by atoms with Crippen LogP contribution in [0.5, 0.6) is 0 Å². The van der Waals surface area contributed by atoms with Crippen molar-refractivity contribution in [1.82, 2.24) is 0 Å². The normalized spacial score (nSPS) is 18.8. The summed E-state index contributed by atoms with van der Waals surface area (Å²) in [6, 6.07) is 0. The van der Waals surface area contributed by atoms with E-state index in [0.717, 1.165) is 6.61 Å². The van der Waals surface area contributed by atoms with Crippen LogP contribution in [0.3, 0.4) is 0 Å². The van der Waals surface area contributed by atoms with Crippen LogP contribution in [0.1, 0.15) is 72.1 Å². The van der Waals surface area contributed by atoms with E-state index in [1.165, 1.54) is 51.4 Å². The van der Waals surface area contributed by atoms with Crippen molar-refractivity contribution in [1.29, 1.82) is 0 Å². The van der Waals surface area contributed by atoms with E-state index in [9.17, 15) is 0 Å². The standard InChI is InChI=1S/C5H9O.3C4H9.Sn/c1-2-3-5-4-6-5;3*1-3-4-2;/h5H,1-4H2;3*1,3-4H2,2H3;. The van der Waals surface area contributed by atoms with Crippen molar-refractivity contribution in [2.75, 3.05) is 6.61 Å². The van der Waals surface area contributed by atoms with Gasteiger partial charge in [0.1, 0.15) is 0 Å². The third-order valence-electron chi connectivity index (χ3n) is 4.82. The maximum atomic E-state index is 5.39. The number of epoxide rings is 1. The summed E-state index contributed by atoms with van der Waals surface area (Å²) in [7, 11) is 0. The van der Waals surface area contributed by atoms with Gasteiger partial charge in [0.25, 0.3) is 0 Å². The van der Waals surface area contributed by atoms with Gasteiger partial charge >= 0.3 is 126 Å². The van der Waals surface area contributed by atoms with Gasteiger partial charge in [-0.2, -0.15) is 0 Å². The molecule has 1 atom stereocenters. The van der Waals surface area contributed by atoms with Crippen LogP contribution in [-0.4, -0.2) is 31.1 Å². The van der Waals surface area contributed by atoms with E-state index in [2.05, 4.69) is 20.8 Å². The van der Waals surface area contributed by atoms with Gasteiger partial charge in [-0.3, -0.25) is 0 Å². The molecular formula is C17H36OSn. The summed E-state index contributed by atoms with van der Waals surface area (Å²) < 4.78 is 12.1. The van der Waals surface area contributed by atoms with Gasteiger partial charge in [0.2, 0.25) is 0 Å². The first-order valence-electron chi connectivity index (χ1n) is 8.88. The summed E-state index contributed by atoms with van der Waals surface area (Å²) in [5, 5.41) is 0. The molecule has 1 saturated heterocycles. The Morgan fingerprint density at radius 3 is 1.58 bits per heavy atom. The van der Waals surface area contributed by atoms with E-state index in [1.54, 1.807) is 17.7 Å². The molecule has 0 amide bonds. The zero-order valence-corrected chi connectivity index (χ0v) is 16.5. The predicted molar refractivity (Wildman–Crippen MR) is 88.7 cm³/mol. The van der Waals surface area contributed by atoms with Crippen molar-refractivity contribution in [3.05, 3.63) is 0 Å². The zero-order chi connectivity index (χ0) is 14.0. The second kappa shape index (κ2) is 10.5. The minimum atomic E-state index is -1.78. The Hall–Kier alpha value is 0.759. The van der Waals surface area contributed by atoms with E-state index >= 15 is 0 Å². The van der Waals surface area contributed by atoms with E-state index in [0.29, 0.717) is 6.10 Å². The maximum absolute atomic E-state index is 5.39. The molecule has 1 nitrogen and oxygen atoms in total. The number of hydrogen-bond donors (Lipinski definition) is 0. The van der Waals surface area contributed by atoms with Gasteiger partial charge in [-0.25, -0.2) is 0 Å². The number of hydrogen-bond acceptors (Lipinski definition) is 1. The summed E-state index contributed by atoms with van der Waals surface area (Å²) in [6.45, 7) is 8.17. The fraction of sp³-hybridized carbons (Fsp3) is 1.00. The van der Waals surface area contributed by atoms with E-state index in [-0.39, 0.29) is 0 Å². The van der Waals surface area contributed by atoms with Gasteiger partial charge in [-0.1, -0.05) is 0 Å². The second-order valence-corrected chi connectivity index (χ2v) is 20.9. The molecule has 0 aliphatic carbocycles. The van der Waals surface area contributed by atoms with Gasteiger partial charge in [0, 0.05) is 0 Å². The third kappa shape index (κ3) is 7.94. The van der Waals surface area contributed by atoms with Crippen molar-refractivity contribution in [2.24, 2.45) is 0 Å². The van der Waals surface area contributed by atoms with Crippen molar-refractivity contribution in [3.8, 4) is 0 Å². The Morgan fingerprint density at radius 1 is 0.789 bits per heavy atom. The van der Waals surface area contributed by atoms with Crippen LogP contribution in [0.25, 0.3) is 0 Å². The molecule has 0 saturated carbocycles. The SMILES string of the molecule is CCC[CH2][Sn]([CH2]CCC)([CH2]CCC)[CH2]CCC1CO1. The van der Waals surface area contributed by atoms with Gasteiger partial charge in [0.05, 0.1) is 0 Å². The molecule has 1 aliphatic rings. The van der Waals surface area contributed by atoms with Gasteiger partial charge in [0.15, 0.2) is 0 Å². The molecule has 0 spiro atoms. The van der Waals surface area contributed by atoms with Crippen LogP contribution < -0.4 is 0 Å². The van der Waals surface area contributed by atoms with Crippen molar-refractivity contribution < 1.29 is 4.74 Å². The fourth-order valence-electron chi connectivity index (χ4n) is 3.34. The second-order valence-electron chi connectivity index (χ2n) is 6.66. The molecule has 2 heteroatoms. The number of rotatable bonds is 13. The summed E-state index contributed by atoms with van der Waals surface area (Å²) >= 11 is -1.78. The van der Waals surface area contributed by atoms with Crippen LogP contribution in [0.2, 0.25) is 17.7 Å². The Balaban J connectivity index is 2.45. The summed E-state index contributed by atoms with van der Waals surface area (Å²) in [5.41, 5.74) is 0. The van der Waals surface area contributed by atoms with Crippen LogP contribution in [0, 0.1) is 0 Å². The van der Waals surface area contributed by atoms with Gasteiger partial charge < -0.3 is 0 Å². The summed E-state index contributed by atoms with van der Waals surface area (Å²) in [6.07, 6.45) is 12.3. The molecule has 1 rings (SSSR count). The Kier molecular flexibility index (Phi) is 9.82. The van der Waals surface area contributed by atoms with Crippen LogP contribution >= 0.6 is 0 Å². The van der Waals surface area contributed by atoms with Gasteiger partial charge in [-0.15, -0.1) is 0 Å². The molecule has 1 fully saturated rings. The monoisotopic (exact) mass is 376 g/mol. The molecule has 1 unspecified atom stereocenters. The number of unbranched alkanes of at least 4 members (excludes halogenated alkanes) is 3. The molecule has 0 bridgehead atoms. The average molecular weight is 375 g/mol. The molecule has 0 N–H and O–H groups in total. The first-order chi connectivity index (χ1) is 9.26. The van der Waals surface area contributed by atoms with E-state index in [4.69, 9.17) is 4.74 Å². The van der Waals surface area contributed by atoms with Gasteiger partial charge in [-0.05, 0) is 0 Å². The molecule has 0 aromatic heterocycles. The minimum absolute atomic E-state index is 0.660. The molecule has 0 aromatic rings. The topological polar surface area (TPSA) is 12.5 Å². The van der Waals surface area contributed by atoms with Crippen LogP contribution in [0.4, 0.5) is 0 Å². The Bertz CT molecular complexity index is 192. The molecule has 0 aromatic carbocycles. The molecule has 19 heavy (non-hydrogen) atoms. The van der Waals surface area contributed by atoms with Crippen molar-refractivity contribution >= 4 is 18.4 Å². The first-order valence-corrected chi connectivity index (χ1v) is 16.9. The van der Waals surface area contributed by atoms with Crippen molar-refractivity contribution in [3.63, 3.8) is 0 Å². The Labute approximate surface area is 125 Å². The summed E-state index contributed by atoms with van der Waals surface area (Å²) in [4.78, 5) is 0. The molecule has 1 heterocycles. The third-order valence-corrected chi connectivity index (χ3v) is 21.0. The van der Waals surface area contributed by atoms with Crippen LogP contribution in [0.15, 0.2) is 0 Å². The van der Waals surface area contributed by atoms with E-state index < -0.39 is 18.4 Å². The molecule has 114 valence electrons. The van der Waals surface area contributed by atoms with Crippen molar-refractivity contribution in [2.45, 2.75) is 96.0 Å². The molecular weight excluding hydrogens is 339 g/mol. The molecule has 1 aliphatic heterocycles. The zero-order valence-electron chi connectivity index (χ0n) is 13.7. The van der Waals surface area contributed by atoms with E-state index in [1.807, 2.05) is 0 Å². The number of ether oxygens (including phenoxy) is 1. The van der Waals surface area contributed by atoms with Crippen LogP contribution in [-0.2, 0) is 4.74 Å². The summed E-state index contributed by atoms with van der Waals surface area (Å²) in [5.74, 6) is 0. The predicted octanol–water partition coefficient (Wildman–Crippen LogP) is 6.01. The first kappa shape index (κ1) is 17.8. The fourth-order valence-corrected chi connectivity index (χ4v) is 19.8. The average Bonchev–Trinajstić information content (AvgIpc) is 3.24. The Morgan fingerprint density at radius 2 is 1.21 bits per heavy atom. The molecule has 0 radical (unpaired) electrons.